The second kappa shape index (κ2) is 4.22. The van der Waals surface area contributed by atoms with Gasteiger partial charge in [0, 0.05) is 23.8 Å². The summed E-state index contributed by atoms with van der Waals surface area (Å²) in [5, 5.41) is 3.57. The van der Waals surface area contributed by atoms with E-state index in [0.717, 1.165) is 5.39 Å². The van der Waals surface area contributed by atoms with Crippen LogP contribution in [0.3, 0.4) is 0 Å². The van der Waals surface area contributed by atoms with Gasteiger partial charge in [-0.25, -0.2) is 15.0 Å². The molecule has 0 aliphatic rings. The lowest BCUT2D eigenvalue weighted by Gasteiger charge is -2.07. The zero-order valence-corrected chi connectivity index (χ0v) is 9.14. The second-order valence-corrected chi connectivity index (χ2v) is 3.79. The molecule has 0 aromatic carbocycles. The van der Waals surface area contributed by atoms with E-state index >= 15 is 0 Å². The quantitative estimate of drug-likeness (QED) is 0.818. The van der Waals surface area contributed by atoms with E-state index in [1.807, 2.05) is 13.8 Å². The average molecular weight is 216 g/mol. The number of pyridine rings is 1. The van der Waals surface area contributed by atoms with Gasteiger partial charge in [0.2, 0.25) is 0 Å². The van der Waals surface area contributed by atoms with Crippen molar-refractivity contribution in [2.24, 2.45) is 0 Å². The smallest absolute Gasteiger partial charge is 0.253 e. The van der Waals surface area contributed by atoms with Crippen LogP contribution in [0, 0.1) is 0 Å². The number of hydrogen-bond donors (Lipinski definition) is 1. The second-order valence-electron chi connectivity index (χ2n) is 3.79. The van der Waals surface area contributed by atoms with Gasteiger partial charge in [0.1, 0.15) is 6.33 Å². The summed E-state index contributed by atoms with van der Waals surface area (Å²) in [6.45, 7) is 3.82. The van der Waals surface area contributed by atoms with Crippen LogP contribution in [0.5, 0.6) is 0 Å². The Hall–Kier alpha value is -2.04. The van der Waals surface area contributed by atoms with Gasteiger partial charge in [0.15, 0.2) is 5.65 Å². The first-order chi connectivity index (χ1) is 7.66. The molecule has 0 radical (unpaired) electrons. The third kappa shape index (κ3) is 2.13. The van der Waals surface area contributed by atoms with Crippen molar-refractivity contribution in [1.82, 2.24) is 20.3 Å². The molecule has 2 rings (SSSR count). The van der Waals surface area contributed by atoms with Crippen LogP contribution in [0.25, 0.3) is 11.0 Å². The van der Waals surface area contributed by atoms with Crippen LogP contribution >= 0.6 is 0 Å². The molecular formula is C11H12N4O. The van der Waals surface area contributed by atoms with E-state index in [1.165, 1.54) is 12.5 Å². The number of amides is 1. The van der Waals surface area contributed by atoms with E-state index in [1.54, 1.807) is 12.3 Å². The lowest BCUT2D eigenvalue weighted by molar-refractivity contribution is 0.0943. The van der Waals surface area contributed by atoms with Crippen molar-refractivity contribution in [3.8, 4) is 0 Å². The molecule has 5 nitrogen and oxygen atoms in total. The largest absolute Gasteiger partial charge is 0.350 e. The molecule has 0 aliphatic heterocycles. The third-order valence-corrected chi connectivity index (χ3v) is 2.04. The standard InChI is InChI=1S/C11H12N4O/c1-7(2)15-11(16)9-3-8-4-12-6-14-10(8)13-5-9/h3-7H,1-2H3,(H,15,16). The van der Waals surface area contributed by atoms with E-state index in [4.69, 9.17) is 0 Å². The number of carbonyl (C=O) groups is 1. The van der Waals surface area contributed by atoms with Crippen LogP contribution in [0.2, 0.25) is 0 Å². The minimum Gasteiger partial charge on any atom is -0.350 e. The summed E-state index contributed by atoms with van der Waals surface area (Å²) in [6, 6.07) is 1.84. The van der Waals surface area contributed by atoms with Gasteiger partial charge in [-0.2, -0.15) is 0 Å². The highest BCUT2D eigenvalue weighted by atomic mass is 16.1. The van der Waals surface area contributed by atoms with Crippen LogP contribution < -0.4 is 5.32 Å². The summed E-state index contributed by atoms with van der Waals surface area (Å²) in [5.41, 5.74) is 1.12. The highest BCUT2D eigenvalue weighted by Crippen LogP contribution is 2.09. The minimum absolute atomic E-state index is 0.107. The van der Waals surface area contributed by atoms with Crippen LogP contribution in [-0.4, -0.2) is 26.9 Å². The monoisotopic (exact) mass is 216 g/mol. The molecule has 5 heteroatoms. The fourth-order valence-electron chi connectivity index (χ4n) is 1.35. The first kappa shape index (κ1) is 10.5. The number of nitrogens with one attached hydrogen (secondary N) is 1. The number of aromatic nitrogens is 3. The molecule has 2 heterocycles. The summed E-state index contributed by atoms with van der Waals surface area (Å²) in [7, 11) is 0. The zero-order chi connectivity index (χ0) is 11.5. The van der Waals surface area contributed by atoms with Crippen molar-refractivity contribution in [2.45, 2.75) is 19.9 Å². The lowest BCUT2D eigenvalue weighted by Crippen LogP contribution is -2.30. The maximum Gasteiger partial charge on any atom is 0.253 e. The maximum absolute atomic E-state index is 11.7. The fraction of sp³-hybridized carbons (Fsp3) is 0.273. The number of hydrogen-bond acceptors (Lipinski definition) is 4. The normalized spacial score (nSPS) is 10.7. The zero-order valence-electron chi connectivity index (χ0n) is 9.14. The molecule has 0 fully saturated rings. The molecule has 0 unspecified atom stereocenters. The highest BCUT2D eigenvalue weighted by Gasteiger charge is 2.08. The Kier molecular flexibility index (Phi) is 2.76. The van der Waals surface area contributed by atoms with Crippen LogP contribution in [0.4, 0.5) is 0 Å². The molecule has 2 aromatic heterocycles. The molecular weight excluding hydrogens is 204 g/mol. The van der Waals surface area contributed by atoms with Gasteiger partial charge in [-0.15, -0.1) is 0 Å². The first-order valence-corrected chi connectivity index (χ1v) is 5.03. The van der Waals surface area contributed by atoms with Gasteiger partial charge in [0.25, 0.3) is 5.91 Å². The fourth-order valence-corrected chi connectivity index (χ4v) is 1.35. The van der Waals surface area contributed by atoms with E-state index in [-0.39, 0.29) is 11.9 Å². The molecule has 0 spiro atoms. The van der Waals surface area contributed by atoms with Crippen molar-refractivity contribution < 1.29 is 4.79 Å². The van der Waals surface area contributed by atoms with Gasteiger partial charge >= 0.3 is 0 Å². The van der Waals surface area contributed by atoms with Crippen molar-refractivity contribution in [3.05, 3.63) is 30.4 Å². The van der Waals surface area contributed by atoms with Gasteiger partial charge in [-0.05, 0) is 19.9 Å². The molecule has 0 atom stereocenters. The SMILES string of the molecule is CC(C)NC(=O)c1cnc2ncncc2c1. The molecule has 1 N–H and O–H groups in total. The minimum atomic E-state index is -0.131. The van der Waals surface area contributed by atoms with Crippen molar-refractivity contribution in [3.63, 3.8) is 0 Å². The van der Waals surface area contributed by atoms with Crippen molar-refractivity contribution in [2.75, 3.05) is 0 Å². The number of fused-ring (bicyclic) bond motifs is 1. The van der Waals surface area contributed by atoms with E-state index in [9.17, 15) is 4.79 Å². The molecule has 82 valence electrons. The van der Waals surface area contributed by atoms with Gasteiger partial charge < -0.3 is 5.32 Å². The van der Waals surface area contributed by atoms with Crippen molar-refractivity contribution in [1.29, 1.82) is 0 Å². The summed E-state index contributed by atoms with van der Waals surface area (Å²) >= 11 is 0. The van der Waals surface area contributed by atoms with Crippen LogP contribution in [0.1, 0.15) is 24.2 Å². The van der Waals surface area contributed by atoms with Gasteiger partial charge in [-0.1, -0.05) is 0 Å². The van der Waals surface area contributed by atoms with E-state index < -0.39 is 0 Å². The predicted octanol–water partition coefficient (Wildman–Crippen LogP) is 1.16. The Labute approximate surface area is 92.9 Å². The molecule has 16 heavy (non-hydrogen) atoms. The summed E-state index contributed by atoms with van der Waals surface area (Å²) in [6.07, 6.45) is 4.59. The Bertz CT molecular complexity index is 524. The predicted molar refractivity (Wildman–Crippen MR) is 59.9 cm³/mol. The Balaban J connectivity index is 2.35. The molecule has 0 bridgehead atoms. The maximum atomic E-state index is 11.7. The number of rotatable bonds is 2. The Morgan fingerprint density at radius 3 is 2.88 bits per heavy atom. The average Bonchev–Trinajstić information content (AvgIpc) is 2.27. The van der Waals surface area contributed by atoms with Crippen molar-refractivity contribution >= 4 is 16.9 Å². The summed E-state index contributed by atoms with van der Waals surface area (Å²) < 4.78 is 0. The highest BCUT2D eigenvalue weighted by molar-refractivity contribution is 5.96. The number of nitrogens with zero attached hydrogens (tertiary/aromatic N) is 3. The number of carbonyl (C=O) groups excluding carboxylic acids is 1. The van der Waals surface area contributed by atoms with Crippen LogP contribution in [-0.2, 0) is 0 Å². The first-order valence-electron chi connectivity index (χ1n) is 5.03. The summed E-state index contributed by atoms with van der Waals surface area (Å²) in [4.78, 5) is 23.7. The van der Waals surface area contributed by atoms with Gasteiger partial charge in [0.05, 0.1) is 5.56 Å². The summed E-state index contributed by atoms with van der Waals surface area (Å²) in [5.74, 6) is -0.131. The Morgan fingerprint density at radius 1 is 1.31 bits per heavy atom. The Morgan fingerprint density at radius 2 is 2.12 bits per heavy atom. The van der Waals surface area contributed by atoms with Crippen LogP contribution in [0.15, 0.2) is 24.8 Å². The molecule has 1 amide bonds. The molecule has 0 saturated heterocycles. The molecule has 2 aromatic rings. The molecule has 0 saturated carbocycles. The van der Waals surface area contributed by atoms with Gasteiger partial charge in [-0.3, -0.25) is 4.79 Å². The van der Waals surface area contributed by atoms with E-state index in [2.05, 4.69) is 20.3 Å². The molecule has 0 aliphatic carbocycles. The lowest BCUT2D eigenvalue weighted by atomic mass is 10.2. The van der Waals surface area contributed by atoms with E-state index in [0.29, 0.717) is 11.2 Å². The topological polar surface area (TPSA) is 67.8 Å². The third-order valence-electron chi connectivity index (χ3n) is 2.04.